The van der Waals surface area contributed by atoms with Gasteiger partial charge in [0.2, 0.25) is 5.91 Å². The Balaban J connectivity index is 1.94. The molecule has 0 radical (unpaired) electrons. The Hall–Kier alpha value is -1.26. The lowest BCUT2D eigenvalue weighted by Gasteiger charge is -2.24. The van der Waals surface area contributed by atoms with E-state index in [-0.39, 0.29) is 18.9 Å². The van der Waals surface area contributed by atoms with Gasteiger partial charge in [0.05, 0.1) is 11.8 Å². The number of carbonyl (C=O) groups is 2. The van der Waals surface area contributed by atoms with Crippen molar-refractivity contribution in [2.24, 2.45) is 5.41 Å². The third-order valence-corrected chi connectivity index (χ3v) is 4.59. The van der Waals surface area contributed by atoms with E-state index in [2.05, 4.69) is 5.32 Å². The molecule has 1 amide bonds. The molecule has 0 saturated heterocycles. The number of carboxylic acids is 1. The van der Waals surface area contributed by atoms with Crippen molar-refractivity contribution in [3.63, 3.8) is 0 Å². The molecule has 1 aliphatic rings. The van der Waals surface area contributed by atoms with Crippen LogP contribution in [0.5, 0.6) is 0 Å². The van der Waals surface area contributed by atoms with Crippen molar-refractivity contribution < 1.29 is 14.7 Å². The zero-order valence-corrected chi connectivity index (χ0v) is 13.0. The molecule has 1 aliphatic carbocycles. The fourth-order valence-corrected chi connectivity index (χ4v) is 3.16. The Bertz CT molecular complexity index is 554. The van der Waals surface area contributed by atoms with Crippen molar-refractivity contribution >= 4 is 35.1 Å². The number of hydrogen-bond acceptors (Lipinski definition) is 2. The number of hydrogen-bond donors (Lipinski definition) is 2. The number of halogens is 2. The van der Waals surface area contributed by atoms with E-state index in [0.29, 0.717) is 28.5 Å². The molecule has 2 N–H and O–H groups in total. The van der Waals surface area contributed by atoms with Crippen LogP contribution in [-0.4, -0.2) is 23.5 Å². The molecule has 6 heteroatoms. The largest absolute Gasteiger partial charge is 0.481 e. The van der Waals surface area contributed by atoms with E-state index in [1.807, 2.05) is 0 Å². The number of carbonyl (C=O) groups excluding carboxylic acids is 1. The highest BCUT2D eigenvalue weighted by Gasteiger charge is 2.41. The summed E-state index contributed by atoms with van der Waals surface area (Å²) in [5, 5.41) is 13.0. The summed E-state index contributed by atoms with van der Waals surface area (Å²) in [6, 6.07) is 4.96. The van der Waals surface area contributed by atoms with Crippen LogP contribution in [0, 0.1) is 5.41 Å². The summed E-state index contributed by atoms with van der Waals surface area (Å²) in [7, 11) is 0. The van der Waals surface area contributed by atoms with Gasteiger partial charge in [-0.2, -0.15) is 0 Å². The molecule has 0 atom stereocenters. The van der Waals surface area contributed by atoms with Crippen LogP contribution >= 0.6 is 23.2 Å². The maximum Gasteiger partial charge on any atom is 0.311 e. The first kappa shape index (κ1) is 16.1. The number of carboxylic acid groups (broad SMARTS) is 1. The monoisotopic (exact) mass is 329 g/mol. The highest BCUT2D eigenvalue weighted by atomic mass is 35.5. The molecular weight excluding hydrogens is 313 g/mol. The van der Waals surface area contributed by atoms with Crippen molar-refractivity contribution in [1.82, 2.24) is 5.32 Å². The molecule has 4 nitrogen and oxygen atoms in total. The topological polar surface area (TPSA) is 66.4 Å². The van der Waals surface area contributed by atoms with Gasteiger partial charge in [-0.3, -0.25) is 9.59 Å². The van der Waals surface area contributed by atoms with Crippen LogP contribution in [0.15, 0.2) is 18.2 Å². The molecule has 0 aromatic heterocycles. The maximum atomic E-state index is 12.0. The van der Waals surface area contributed by atoms with Gasteiger partial charge in [-0.05, 0) is 30.5 Å². The van der Waals surface area contributed by atoms with Crippen molar-refractivity contribution in [3.05, 3.63) is 33.8 Å². The summed E-state index contributed by atoms with van der Waals surface area (Å²) >= 11 is 11.8. The molecule has 21 heavy (non-hydrogen) atoms. The van der Waals surface area contributed by atoms with E-state index in [1.54, 1.807) is 18.2 Å². The van der Waals surface area contributed by atoms with Crippen LogP contribution in [0.25, 0.3) is 0 Å². The maximum absolute atomic E-state index is 12.0. The van der Waals surface area contributed by atoms with Crippen LogP contribution in [0.1, 0.15) is 31.2 Å². The standard InChI is InChI=1S/C15H17Cl2NO3/c16-11-4-3-10(12(17)8-11)7-13(19)18-9-15(14(20)21)5-1-2-6-15/h3-4,8H,1-2,5-7,9H2,(H,18,19)(H,20,21). The molecule has 0 heterocycles. The first-order chi connectivity index (χ1) is 9.93. The second-order valence-corrected chi connectivity index (χ2v) is 6.33. The normalized spacial score (nSPS) is 16.7. The fraction of sp³-hybridized carbons (Fsp3) is 0.467. The third kappa shape index (κ3) is 3.89. The lowest BCUT2D eigenvalue weighted by atomic mass is 9.86. The van der Waals surface area contributed by atoms with Crippen molar-refractivity contribution in [1.29, 1.82) is 0 Å². The van der Waals surface area contributed by atoms with Gasteiger partial charge in [-0.25, -0.2) is 0 Å². The average Bonchev–Trinajstić information content (AvgIpc) is 2.90. The van der Waals surface area contributed by atoms with Crippen molar-refractivity contribution in [2.75, 3.05) is 6.54 Å². The molecule has 0 unspecified atom stereocenters. The van der Waals surface area contributed by atoms with Gasteiger partial charge in [0.1, 0.15) is 0 Å². The molecule has 1 saturated carbocycles. The number of nitrogens with one attached hydrogen (secondary N) is 1. The van der Waals surface area contributed by atoms with Crippen LogP contribution in [0.2, 0.25) is 10.0 Å². The summed E-state index contributed by atoms with van der Waals surface area (Å²) in [5.74, 6) is -1.06. The Morgan fingerprint density at radius 1 is 1.24 bits per heavy atom. The summed E-state index contributed by atoms with van der Waals surface area (Å²) in [6.07, 6.45) is 3.14. The van der Waals surface area contributed by atoms with Crippen LogP contribution in [-0.2, 0) is 16.0 Å². The number of aliphatic carboxylic acids is 1. The predicted molar refractivity (Wildman–Crippen MR) is 81.7 cm³/mol. The van der Waals surface area contributed by atoms with Crippen molar-refractivity contribution in [2.45, 2.75) is 32.1 Å². The molecule has 0 aliphatic heterocycles. The zero-order chi connectivity index (χ0) is 15.5. The second-order valence-electron chi connectivity index (χ2n) is 5.48. The minimum Gasteiger partial charge on any atom is -0.481 e. The Kier molecular flexibility index (Phi) is 5.12. The number of rotatable bonds is 5. The molecule has 2 rings (SSSR count). The number of benzene rings is 1. The van der Waals surface area contributed by atoms with Gasteiger partial charge >= 0.3 is 5.97 Å². The van der Waals surface area contributed by atoms with Crippen LogP contribution in [0.3, 0.4) is 0 Å². The molecular formula is C15H17Cl2NO3. The minimum absolute atomic E-state index is 0.117. The molecule has 114 valence electrons. The van der Waals surface area contributed by atoms with Gasteiger partial charge in [-0.1, -0.05) is 42.1 Å². The highest BCUT2D eigenvalue weighted by Crippen LogP contribution is 2.37. The number of amides is 1. The quantitative estimate of drug-likeness (QED) is 0.870. The van der Waals surface area contributed by atoms with Crippen LogP contribution in [0.4, 0.5) is 0 Å². The second kappa shape index (κ2) is 6.67. The van der Waals surface area contributed by atoms with E-state index in [9.17, 15) is 14.7 Å². The first-order valence-electron chi connectivity index (χ1n) is 6.87. The lowest BCUT2D eigenvalue weighted by molar-refractivity contribution is -0.148. The molecule has 1 aromatic rings. The minimum atomic E-state index is -0.829. The highest BCUT2D eigenvalue weighted by molar-refractivity contribution is 6.35. The summed E-state index contributed by atoms with van der Waals surface area (Å²) in [6.45, 7) is 0.173. The predicted octanol–water partition coefficient (Wildman–Crippen LogP) is 3.30. The van der Waals surface area contributed by atoms with Crippen molar-refractivity contribution in [3.8, 4) is 0 Å². The van der Waals surface area contributed by atoms with Gasteiger partial charge in [0.25, 0.3) is 0 Å². The third-order valence-electron chi connectivity index (χ3n) is 4.00. The first-order valence-corrected chi connectivity index (χ1v) is 7.63. The lowest BCUT2D eigenvalue weighted by Crippen LogP contribution is -2.41. The van der Waals surface area contributed by atoms with E-state index in [1.165, 1.54) is 0 Å². The average molecular weight is 330 g/mol. The zero-order valence-electron chi connectivity index (χ0n) is 11.5. The Morgan fingerprint density at radius 2 is 1.90 bits per heavy atom. The molecule has 1 aromatic carbocycles. The van der Waals surface area contributed by atoms with E-state index < -0.39 is 11.4 Å². The van der Waals surface area contributed by atoms with Crippen LogP contribution < -0.4 is 5.32 Å². The van der Waals surface area contributed by atoms with Gasteiger partial charge in [0.15, 0.2) is 0 Å². The van der Waals surface area contributed by atoms with E-state index >= 15 is 0 Å². The molecule has 0 spiro atoms. The van der Waals surface area contributed by atoms with E-state index in [0.717, 1.165) is 12.8 Å². The van der Waals surface area contributed by atoms with E-state index in [4.69, 9.17) is 23.2 Å². The van der Waals surface area contributed by atoms with Gasteiger partial charge in [0, 0.05) is 16.6 Å². The summed E-state index contributed by atoms with van der Waals surface area (Å²) in [4.78, 5) is 23.4. The summed E-state index contributed by atoms with van der Waals surface area (Å²) < 4.78 is 0. The molecule has 0 bridgehead atoms. The van der Waals surface area contributed by atoms with Gasteiger partial charge in [-0.15, -0.1) is 0 Å². The summed E-state index contributed by atoms with van der Waals surface area (Å²) in [5.41, 5.74) is -0.131. The fourth-order valence-electron chi connectivity index (χ4n) is 2.69. The smallest absolute Gasteiger partial charge is 0.311 e. The molecule has 1 fully saturated rings. The Labute approximate surface area is 133 Å². The SMILES string of the molecule is O=C(Cc1ccc(Cl)cc1Cl)NCC1(C(=O)O)CCCC1. The van der Waals surface area contributed by atoms with Gasteiger partial charge < -0.3 is 10.4 Å². The Morgan fingerprint density at radius 3 is 2.48 bits per heavy atom.